The lowest BCUT2D eigenvalue weighted by Crippen LogP contribution is -2.53. The number of amides is 1. The highest BCUT2D eigenvalue weighted by molar-refractivity contribution is 6.05. The molecule has 3 aliphatic rings. The van der Waals surface area contributed by atoms with Crippen LogP contribution in [0.1, 0.15) is 43.6 Å². The predicted octanol–water partition coefficient (Wildman–Crippen LogP) is 2.43. The standard InChI is InChI=1S/C19H22F3N7O2/c1-9-16(30)29-5-3-4-12-14(29)15(28(9)2)26-18(24-12)23-11-6-10(7-11)8-13-25-17(27-31-13)19(20,21)22/h9-11H,3-8H2,1-2H3,(H,23,24,26)/t9-,10-,11-/m0/s1. The molecule has 0 bridgehead atoms. The molecule has 0 spiro atoms. The maximum Gasteiger partial charge on any atom is 0.455 e. The summed E-state index contributed by atoms with van der Waals surface area (Å²) in [4.78, 5) is 29.0. The average Bonchev–Trinajstić information content (AvgIpc) is 3.17. The lowest BCUT2D eigenvalue weighted by atomic mass is 9.78. The van der Waals surface area contributed by atoms with Gasteiger partial charge in [-0.2, -0.15) is 23.1 Å². The maximum absolute atomic E-state index is 12.6. The van der Waals surface area contributed by atoms with Gasteiger partial charge in [0.1, 0.15) is 11.7 Å². The fourth-order valence-corrected chi connectivity index (χ4v) is 4.46. The number of aryl methyl sites for hydroxylation is 1. The molecule has 1 N–H and O–H groups in total. The van der Waals surface area contributed by atoms with Crippen LogP contribution in [0, 0.1) is 5.92 Å². The molecule has 1 aliphatic carbocycles. The van der Waals surface area contributed by atoms with Gasteiger partial charge in [0, 0.05) is 26.1 Å². The second-order valence-corrected chi connectivity index (χ2v) is 8.44. The second kappa shape index (κ2) is 7.06. The minimum Gasteiger partial charge on any atom is -0.351 e. The Hall–Kier alpha value is -2.92. The number of aromatic nitrogens is 4. The van der Waals surface area contributed by atoms with Gasteiger partial charge in [-0.15, -0.1) is 0 Å². The van der Waals surface area contributed by atoms with E-state index < -0.39 is 12.0 Å². The third-order valence-electron chi connectivity index (χ3n) is 6.30. The fraction of sp³-hybridized carbons (Fsp3) is 0.632. The van der Waals surface area contributed by atoms with Crippen LogP contribution in [-0.2, 0) is 23.8 Å². The molecule has 1 saturated carbocycles. The molecular weight excluding hydrogens is 415 g/mol. The zero-order chi connectivity index (χ0) is 21.9. The molecule has 9 nitrogen and oxygen atoms in total. The number of nitrogens with zero attached hydrogens (tertiary/aromatic N) is 6. The Morgan fingerprint density at radius 1 is 1.23 bits per heavy atom. The first kappa shape index (κ1) is 20.0. The first-order valence-electron chi connectivity index (χ1n) is 10.3. The highest BCUT2D eigenvalue weighted by Gasteiger charge is 2.40. The van der Waals surface area contributed by atoms with Crippen LogP contribution < -0.4 is 15.1 Å². The van der Waals surface area contributed by atoms with Gasteiger partial charge in [-0.05, 0) is 38.5 Å². The van der Waals surface area contributed by atoms with Crippen molar-refractivity contribution in [1.29, 1.82) is 0 Å². The van der Waals surface area contributed by atoms with Gasteiger partial charge in [-0.1, -0.05) is 5.16 Å². The van der Waals surface area contributed by atoms with Gasteiger partial charge in [-0.25, -0.2) is 4.98 Å². The number of carbonyl (C=O) groups excluding carboxylic acids is 1. The lowest BCUT2D eigenvalue weighted by Gasteiger charge is -2.42. The number of nitrogens with one attached hydrogen (secondary N) is 1. The van der Waals surface area contributed by atoms with Crippen LogP contribution in [0.5, 0.6) is 0 Å². The van der Waals surface area contributed by atoms with Gasteiger partial charge < -0.3 is 19.6 Å². The van der Waals surface area contributed by atoms with Crippen molar-refractivity contribution < 1.29 is 22.5 Å². The lowest BCUT2D eigenvalue weighted by molar-refractivity contribution is -0.146. The molecule has 2 aromatic rings. The van der Waals surface area contributed by atoms with Gasteiger partial charge in [0.25, 0.3) is 5.82 Å². The molecule has 166 valence electrons. The molecule has 2 aliphatic heterocycles. The van der Waals surface area contributed by atoms with Crippen molar-refractivity contribution in [3.05, 3.63) is 17.4 Å². The first-order valence-corrected chi connectivity index (χ1v) is 10.3. The van der Waals surface area contributed by atoms with Gasteiger partial charge in [0.05, 0.1) is 5.69 Å². The number of likely N-dealkylation sites (N-methyl/N-ethyl adjacent to an activating group) is 1. The van der Waals surface area contributed by atoms with Crippen molar-refractivity contribution in [2.24, 2.45) is 5.92 Å². The number of halogens is 3. The molecule has 0 saturated heterocycles. The molecule has 0 unspecified atom stereocenters. The van der Waals surface area contributed by atoms with E-state index in [-0.39, 0.29) is 29.8 Å². The number of alkyl halides is 3. The summed E-state index contributed by atoms with van der Waals surface area (Å²) in [5.74, 6) is 0.261. The molecule has 31 heavy (non-hydrogen) atoms. The molecule has 1 fully saturated rings. The highest BCUT2D eigenvalue weighted by atomic mass is 19.4. The normalized spacial score (nSPS) is 25.3. The van der Waals surface area contributed by atoms with Crippen LogP contribution in [0.3, 0.4) is 0 Å². The largest absolute Gasteiger partial charge is 0.455 e. The van der Waals surface area contributed by atoms with Gasteiger partial charge >= 0.3 is 6.18 Å². The minimum atomic E-state index is -4.60. The average molecular weight is 437 g/mol. The monoisotopic (exact) mass is 437 g/mol. The molecule has 2 aromatic heterocycles. The van der Waals surface area contributed by atoms with Crippen molar-refractivity contribution in [1.82, 2.24) is 20.1 Å². The maximum atomic E-state index is 12.6. The molecule has 12 heteroatoms. The molecule has 5 rings (SSSR count). The SMILES string of the molecule is C[C@H]1C(=O)N2CCCc3nc(N[C@H]4C[C@H](Cc5nc(C(F)(F)F)no5)C4)nc(c32)N1C. The predicted molar refractivity (Wildman–Crippen MR) is 104 cm³/mol. The Bertz CT molecular complexity index is 1020. The van der Waals surface area contributed by atoms with Crippen LogP contribution in [0.2, 0.25) is 0 Å². The summed E-state index contributed by atoms with van der Waals surface area (Å²) in [7, 11) is 1.86. The van der Waals surface area contributed by atoms with Crippen molar-refractivity contribution >= 4 is 23.4 Å². The second-order valence-electron chi connectivity index (χ2n) is 8.44. The number of rotatable bonds is 4. The third kappa shape index (κ3) is 3.47. The smallest absolute Gasteiger partial charge is 0.351 e. The van der Waals surface area contributed by atoms with Crippen LogP contribution in [0.15, 0.2) is 4.52 Å². The molecule has 0 aromatic carbocycles. The van der Waals surface area contributed by atoms with E-state index in [4.69, 9.17) is 4.52 Å². The summed E-state index contributed by atoms with van der Waals surface area (Å²) in [5, 5.41) is 6.33. The molecule has 1 amide bonds. The van der Waals surface area contributed by atoms with E-state index in [0.29, 0.717) is 18.9 Å². The Morgan fingerprint density at radius 3 is 2.71 bits per heavy atom. The Labute approximate surface area is 176 Å². The van der Waals surface area contributed by atoms with E-state index in [0.717, 1.165) is 42.9 Å². The Kier molecular flexibility index (Phi) is 4.56. The van der Waals surface area contributed by atoms with Crippen molar-refractivity contribution in [3.8, 4) is 0 Å². The third-order valence-corrected chi connectivity index (χ3v) is 6.30. The zero-order valence-corrected chi connectivity index (χ0v) is 17.1. The van der Waals surface area contributed by atoms with E-state index in [1.807, 2.05) is 18.9 Å². The summed E-state index contributed by atoms with van der Waals surface area (Å²) in [5.41, 5.74) is 1.68. The van der Waals surface area contributed by atoms with E-state index in [9.17, 15) is 18.0 Å². The summed E-state index contributed by atoms with van der Waals surface area (Å²) in [6.07, 6.45) is -1.14. The Morgan fingerprint density at radius 2 is 2.00 bits per heavy atom. The molecule has 0 radical (unpaired) electrons. The molecule has 4 heterocycles. The van der Waals surface area contributed by atoms with Crippen LogP contribution in [0.4, 0.5) is 30.6 Å². The highest BCUT2D eigenvalue weighted by Crippen LogP contribution is 2.40. The number of hydrogen-bond acceptors (Lipinski definition) is 8. The summed E-state index contributed by atoms with van der Waals surface area (Å²) in [6, 6.07) is -0.168. The molecular formula is C19H22F3N7O2. The van der Waals surface area contributed by atoms with Crippen molar-refractivity contribution in [3.63, 3.8) is 0 Å². The van der Waals surface area contributed by atoms with E-state index in [1.54, 1.807) is 4.90 Å². The topological polar surface area (TPSA) is 100 Å². The number of hydrogen-bond donors (Lipinski definition) is 1. The van der Waals surface area contributed by atoms with Crippen LogP contribution in [-0.4, -0.2) is 51.7 Å². The van der Waals surface area contributed by atoms with Gasteiger partial charge in [0.2, 0.25) is 17.7 Å². The summed E-state index contributed by atoms with van der Waals surface area (Å²) in [6.45, 7) is 2.55. The van der Waals surface area contributed by atoms with Gasteiger partial charge in [0.15, 0.2) is 5.82 Å². The van der Waals surface area contributed by atoms with Gasteiger partial charge in [-0.3, -0.25) is 4.79 Å². The van der Waals surface area contributed by atoms with Crippen molar-refractivity contribution in [2.45, 2.75) is 57.3 Å². The zero-order valence-electron chi connectivity index (χ0n) is 17.1. The van der Waals surface area contributed by atoms with E-state index >= 15 is 0 Å². The number of anilines is 3. The van der Waals surface area contributed by atoms with E-state index in [1.165, 1.54) is 0 Å². The molecule has 1 atom stereocenters. The summed E-state index contributed by atoms with van der Waals surface area (Å²) >= 11 is 0. The van der Waals surface area contributed by atoms with Crippen molar-refractivity contribution in [2.75, 3.05) is 28.7 Å². The fourth-order valence-electron chi connectivity index (χ4n) is 4.46. The number of carbonyl (C=O) groups is 1. The van der Waals surface area contributed by atoms with E-state index in [2.05, 4.69) is 25.4 Å². The summed E-state index contributed by atoms with van der Waals surface area (Å²) < 4.78 is 42.5. The minimum absolute atomic E-state index is 0.00519. The van der Waals surface area contributed by atoms with Crippen LogP contribution in [0.25, 0.3) is 0 Å². The quantitative estimate of drug-likeness (QED) is 0.779. The first-order chi connectivity index (χ1) is 14.7. The Balaban J connectivity index is 1.25. The van der Waals surface area contributed by atoms with Crippen LogP contribution >= 0.6 is 0 Å².